The second-order valence-corrected chi connectivity index (χ2v) is 8.92. The Bertz CT molecular complexity index is 1030. The molecule has 0 unspecified atom stereocenters. The van der Waals surface area contributed by atoms with Crippen LogP contribution in [0.1, 0.15) is 24.7 Å². The highest BCUT2D eigenvalue weighted by Crippen LogP contribution is 2.44. The molecular formula is C23H27N5O2. The fourth-order valence-corrected chi connectivity index (χ4v) is 5.64. The summed E-state index contributed by atoms with van der Waals surface area (Å²) in [5.41, 5.74) is 2.24. The lowest BCUT2D eigenvalue weighted by atomic mass is 9.77. The molecule has 4 atom stereocenters. The summed E-state index contributed by atoms with van der Waals surface area (Å²) in [5.74, 6) is 2.99. The van der Waals surface area contributed by atoms with Gasteiger partial charge in [-0.25, -0.2) is 9.97 Å². The molecule has 2 saturated heterocycles. The molecule has 1 saturated carbocycles. The Labute approximate surface area is 176 Å². The molecule has 0 N–H and O–H groups in total. The Hall–Kier alpha value is -2.51. The van der Waals surface area contributed by atoms with Crippen molar-refractivity contribution in [2.24, 2.45) is 11.8 Å². The Morgan fingerprint density at radius 1 is 1.07 bits per heavy atom. The van der Waals surface area contributed by atoms with Gasteiger partial charge >= 0.3 is 0 Å². The summed E-state index contributed by atoms with van der Waals surface area (Å²) >= 11 is 0. The normalized spacial score (nSPS) is 29.6. The third-order valence-electron chi connectivity index (χ3n) is 7.17. The largest absolute Gasteiger partial charge is 0.471 e. The standard InChI is InChI=1S/C23H27N5O2/c1-15-26-19-4-2-3-5-20(19)28(15)21-8-16-11-27(18-13-29-14-18)12-17(16)9-22(21)30-23-10-24-6-7-25-23/h2-7,10,16-18,21-22H,8-9,11-14H2,1H3/t16-,17+,21-,22-/m0/s1. The summed E-state index contributed by atoms with van der Waals surface area (Å²) in [6.07, 6.45) is 7.28. The first-order chi connectivity index (χ1) is 14.8. The molecule has 6 rings (SSSR count). The number of likely N-dealkylation sites (tertiary alicyclic amines) is 1. The zero-order valence-corrected chi connectivity index (χ0v) is 17.2. The van der Waals surface area contributed by atoms with Crippen molar-refractivity contribution in [3.8, 4) is 5.88 Å². The Morgan fingerprint density at radius 2 is 1.90 bits per heavy atom. The van der Waals surface area contributed by atoms with Crippen molar-refractivity contribution in [2.45, 2.75) is 38.0 Å². The van der Waals surface area contributed by atoms with Crippen LogP contribution in [0.25, 0.3) is 11.0 Å². The van der Waals surface area contributed by atoms with Gasteiger partial charge in [-0.05, 0) is 43.7 Å². The van der Waals surface area contributed by atoms with Crippen LogP contribution in [0.3, 0.4) is 0 Å². The molecular weight excluding hydrogens is 378 g/mol. The second-order valence-electron chi connectivity index (χ2n) is 8.92. The molecule has 0 amide bonds. The number of hydrogen-bond acceptors (Lipinski definition) is 6. The minimum atomic E-state index is 0.0526. The highest BCUT2D eigenvalue weighted by atomic mass is 16.5. The van der Waals surface area contributed by atoms with Gasteiger partial charge < -0.3 is 14.0 Å². The predicted octanol–water partition coefficient (Wildman–Crippen LogP) is 2.86. The molecule has 7 nitrogen and oxygen atoms in total. The zero-order valence-electron chi connectivity index (χ0n) is 17.2. The lowest BCUT2D eigenvalue weighted by Gasteiger charge is -2.39. The fraction of sp³-hybridized carbons (Fsp3) is 0.522. The molecule has 3 aromatic rings. The van der Waals surface area contributed by atoms with Crippen LogP contribution in [0, 0.1) is 18.8 Å². The van der Waals surface area contributed by atoms with Gasteiger partial charge in [0.05, 0.1) is 42.5 Å². The van der Waals surface area contributed by atoms with E-state index in [0.717, 1.165) is 43.9 Å². The molecule has 0 radical (unpaired) electrons. The zero-order chi connectivity index (χ0) is 20.1. The second kappa shape index (κ2) is 7.32. The Balaban J connectivity index is 1.35. The lowest BCUT2D eigenvalue weighted by molar-refractivity contribution is -0.0588. The van der Waals surface area contributed by atoms with Crippen molar-refractivity contribution >= 4 is 11.0 Å². The van der Waals surface area contributed by atoms with Gasteiger partial charge in [-0.2, -0.15) is 0 Å². The highest BCUT2D eigenvalue weighted by molar-refractivity contribution is 5.76. The molecule has 30 heavy (non-hydrogen) atoms. The average Bonchev–Trinajstić information content (AvgIpc) is 3.26. The number of nitrogens with zero attached hydrogens (tertiary/aromatic N) is 5. The molecule has 2 aliphatic heterocycles. The van der Waals surface area contributed by atoms with Gasteiger partial charge in [-0.15, -0.1) is 0 Å². The summed E-state index contributed by atoms with van der Waals surface area (Å²) in [5, 5.41) is 0. The molecule has 1 aliphatic carbocycles. The third kappa shape index (κ3) is 3.08. The van der Waals surface area contributed by atoms with Gasteiger partial charge in [0, 0.05) is 25.5 Å². The van der Waals surface area contributed by atoms with E-state index in [1.165, 1.54) is 12.1 Å². The average molecular weight is 406 g/mol. The van der Waals surface area contributed by atoms with Gasteiger partial charge in [0.25, 0.3) is 0 Å². The number of benzene rings is 1. The monoisotopic (exact) mass is 405 g/mol. The van der Waals surface area contributed by atoms with Crippen LogP contribution in [0.15, 0.2) is 42.9 Å². The van der Waals surface area contributed by atoms with E-state index < -0.39 is 0 Å². The number of imidazole rings is 1. The maximum atomic E-state index is 6.47. The minimum Gasteiger partial charge on any atom is -0.471 e. The smallest absolute Gasteiger partial charge is 0.232 e. The van der Waals surface area contributed by atoms with E-state index in [1.54, 1.807) is 18.6 Å². The molecule has 1 aromatic carbocycles. The van der Waals surface area contributed by atoms with Crippen molar-refractivity contribution in [1.82, 2.24) is 24.4 Å². The van der Waals surface area contributed by atoms with Crippen LogP contribution < -0.4 is 4.74 Å². The van der Waals surface area contributed by atoms with Crippen LogP contribution in [0.5, 0.6) is 5.88 Å². The summed E-state index contributed by atoms with van der Waals surface area (Å²) in [6, 6.07) is 9.25. The molecule has 0 bridgehead atoms. The van der Waals surface area contributed by atoms with E-state index in [2.05, 4.69) is 50.6 Å². The molecule has 156 valence electrons. The minimum absolute atomic E-state index is 0.0526. The molecule has 0 spiro atoms. The van der Waals surface area contributed by atoms with E-state index in [0.29, 0.717) is 23.8 Å². The number of rotatable bonds is 4. The molecule has 7 heteroatoms. The van der Waals surface area contributed by atoms with E-state index in [4.69, 9.17) is 14.5 Å². The lowest BCUT2D eigenvalue weighted by Crippen LogP contribution is -2.48. The van der Waals surface area contributed by atoms with Crippen molar-refractivity contribution in [1.29, 1.82) is 0 Å². The maximum absolute atomic E-state index is 6.47. The number of para-hydroxylation sites is 2. The summed E-state index contributed by atoms with van der Waals surface area (Å²) in [7, 11) is 0. The molecule has 3 aliphatic rings. The maximum Gasteiger partial charge on any atom is 0.232 e. The first-order valence-corrected chi connectivity index (χ1v) is 10.9. The molecule has 2 aromatic heterocycles. The number of hydrogen-bond donors (Lipinski definition) is 0. The van der Waals surface area contributed by atoms with E-state index in [-0.39, 0.29) is 12.1 Å². The van der Waals surface area contributed by atoms with E-state index in [1.807, 2.05) is 0 Å². The van der Waals surface area contributed by atoms with Gasteiger partial charge in [0.15, 0.2) is 0 Å². The van der Waals surface area contributed by atoms with Gasteiger partial charge in [0.2, 0.25) is 5.88 Å². The van der Waals surface area contributed by atoms with Crippen LogP contribution in [-0.4, -0.2) is 62.9 Å². The predicted molar refractivity (Wildman–Crippen MR) is 112 cm³/mol. The molecule has 3 fully saturated rings. The van der Waals surface area contributed by atoms with Crippen LogP contribution in [-0.2, 0) is 4.74 Å². The first kappa shape index (κ1) is 18.3. The topological polar surface area (TPSA) is 65.3 Å². The van der Waals surface area contributed by atoms with Crippen LogP contribution in [0.4, 0.5) is 0 Å². The summed E-state index contributed by atoms with van der Waals surface area (Å²) in [4.78, 5) is 16.1. The Morgan fingerprint density at radius 3 is 2.67 bits per heavy atom. The van der Waals surface area contributed by atoms with Crippen LogP contribution in [0.2, 0.25) is 0 Å². The summed E-state index contributed by atoms with van der Waals surface area (Å²) < 4.78 is 14.3. The quantitative estimate of drug-likeness (QED) is 0.665. The Kier molecular flexibility index (Phi) is 4.46. The third-order valence-corrected chi connectivity index (χ3v) is 7.17. The summed E-state index contributed by atoms with van der Waals surface area (Å²) in [6.45, 7) is 6.19. The van der Waals surface area contributed by atoms with E-state index >= 15 is 0 Å². The van der Waals surface area contributed by atoms with Crippen molar-refractivity contribution in [3.05, 3.63) is 48.7 Å². The van der Waals surface area contributed by atoms with Gasteiger partial charge in [-0.1, -0.05) is 12.1 Å². The molecule has 4 heterocycles. The number of ether oxygens (including phenoxy) is 2. The van der Waals surface area contributed by atoms with Crippen LogP contribution >= 0.6 is 0 Å². The number of aryl methyl sites for hydroxylation is 1. The van der Waals surface area contributed by atoms with E-state index in [9.17, 15) is 0 Å². The van der Waals surface area contributed by atoms with Crippen molar-refractivity contribution in [2.75, 3.05) is 26.3 Å². The highest BCUT2D eigenvalue weighted by Gasteiger charge is 2.46. The number of fused-ring (bicyclic) bond motifs is 2. The van der Waals surface area contributed by atoms with Gasteiger partial charge in [-0.3, -0.25) is 9.88 Å². The van der Waals surface area contributed by atoms with Crippen molar-refractivity contribution < 1.29 is 9.47 Å². The SMILES string of the molecule is Cc1nc2ccccc2n1[C@H]1C[C@H]2CN(C3COC3)C[C@H]2C[C@@H]1Oc1cnccn1. The fourth-order valence-electron chi connectivity index (χ4n) is 5.64. The van der Waals surface area contributed by atoms with Crippen molar-refractivity contribution in [3.63, 3.8) is 0 Å². The number of aromatic nitrogens is 4. The first-order valence-electron chi connectivity index (χ1n) is 10.9. The van der Waals surface area contributed by atoms with Gasteiger partial charge in [0.1, 0.15) is 11.9 Å².